The summed E-state index contributed by atoms with van der Waals surface area (Å²) in [5.41, 5.74) is 0.802. The van der Waals surface area contributed by atoms with E-state index in [4.69, 9.17) is 0 Å². The van der Waals surface area contributed by atoms with Crippen molar-refractivity contribution in [2.24, 2.45) is 0 Å². The smallest absolute Gasteiger partial charge is 0.269 e. The average molecular weight is 398 g/mol. The Hall–Kier alpha value is -2.00. The highest BCUT2D eigenvalue weighted by Crippen LogP contribution is 2.31. The molecule has 1 saturated heterocycles. The van der Waals surface area contributed by atoms with Crippen LogP contribution in [0.1, 0.15) is 11.6 Å². The van der Waals surface area contributed by atoms with E-state index in [0.717, 1.165) is 5.56 Å². The monoisotopic (exact) mass is 397 g/mol. The van der Waals surface area contributed by atoms with Gasteiger partial charge in [0.1, 0.15) is 0 Å². The van der Waals surface area contributed by atoms with E-state index in [0.29, 0.717) is 19.6 Å². The van der Waals surface area contributed by atoms with Crippen LogP contribution in [-0.4, -0.2) is 49.2 Å². The first-order valence-corrected chi connectivity index (χ1v) is 9.33. The van der Waals surface area contributed by atoms with Crippen molar-refractivity contribution in [2.75, 3.05) is 26.7 Å². The minimum Gasteiger partial charge on any atom is -0.303 e. The van der Waals surface area contributed by atoms with Gasteiger partial charge in [0, 0.05) is 31.8 Å². The predicted octanol–water partition coefficient (Wildman–Crippen LogP) is 2.69. The molecule has 1 unspecified atom stereocenters. The van der Waals surface area contributed by atoms with Crippen molar-refractivity contribution < 1.29 is 13.3 Å². The van der Waals surface area contributed by atoms with E-state index >= 15 is 0 Å². The van der Waals surface area contributed by atoms with Crippen LogP contribution in [0.15, 0.2) is 59.5 Å². The van der Waals surface area contributed by atoms with Crippen molar-refractivity contribution in [1.29, 1.82) is 0 Å². The molecule has 0 spiro atoms. The van der Waals surface area contributed by atoms with E-state index in [9.17, 15) is 18.5 Å². The molecule has 26 heavy (non-hydrogen) atoms. The number of sulfonamides is 1. The van der Waals surface area contributed by atoms with Gasteiger partial charge in [0.2, 0.25) is 10.0 Å². The van der Waals surface area contributed by atoms with Crippen molar-refractivity contribution in [3.8, 4) is 0 Å². The third kappa shape index (κ3) is 4.04. The molecular weight excluding hydrogens is 378 g/mol. The van der Waals surface area contributed by atoms with Crippen LogP contribution in [0.3, 0.4) is 0 Å². The van der Waals surface area contributed by atoms with Gasteiger partial charge < -0.3 is 4.90 Å². The number of halogens is 1. The van der Waals surface area contributed by atoms with Crippen LogP contribution in [0, 0.1) is 10.1 Å². The number of hydrogen-bond donors (Lipinski definition) is 0. The van der Waals surface area contributed by atoms with Crippen LogP contribution in [0.2, 0.25) is 0 Å². The lowest BCUT2D eigenvalue weighted by Crippen LogP contribution is -2.49. The first-order valence-electron chi connectivity index (χ1n) is 7.89. The maximum atomic E-state index is 13.1. The number of likely N-dealkylation sites (N-methyl/N-ethyl adjacent to an activating group) is 1. The van der Waals surface area contributed by atoms with Gasteiger partial charge in [-0.2, -0.15) is 4.31 Å². The van der Waals surface area contributed by atoms with Gasteiger partial charge in [0.25, 0.3) is 5.69 Å². The highest BCUT2D eigenvalue weighted by atomic mass is 35.5. The molecule has 140 valence electrons. The van der Waals surface area contributed by atoms with Gasteiger partial charge in [-0.1, -0.05) is 30.3 Å². The Morgan fingerprint density at radius 3 is 2.23 bits per heavy atom. The van der Waals surface area contributed by atoms with Crippen LogP contribution < -0.4 is 0 Å². The van der Waals surface area contributed by atoms with Gasteiger partial charge in [-0.15, -0.1) is 12.4 Å². The summed E-state index contributed by atoms with van der Waals surface area (Å²) in [7, 11) is -1.78. The van der Waals surface area contributed by atoms with E-state index in [1.165, 1.54) is 28.6 Å². The highest BCUT2D eigenvalue weighted by Gasteiger charge is 2.36. The second-order valence-electron chi connectivity index (χ2n) is 6.06. The molecule has 0 saturated carbocycles. The minimum absolute atomic E-state index is 0. The summed E-state index contributed by atoms with van der Waals surface area (Å²) >= 11 is 0. The lowest BCUT2D eigenvalue weighted by atomic mass is 10.1. The van der Waals surface area contributed by atoms with Crippen molar-refractivity contribution in [1.82, 2.24) is 9.21 Å². The summed E-state index contributed by atoms with van der Waals surface area (Å²) in [5.74, 6) is 0. The molecule has 1 atom stereocenters. The topological polar surface area (TPSA) is 83.8 Å². The van der Waals surface area contributed by atoms with Gasteiger partial charge in [-0.3, -0.25) is 10.1 Å². The Kier molecular flexibility index (Phi) is 6.35. The predicted molar refractivity (Wildman–Crippen MR) is 101 cm³/mol. The Balaban J connectivity index is 0.00000243. The van der Waals surface area contributed by atoms with E-state index in [-0.39, 0.29) is 29.0 Å². The van der Waals surface area contributed by atoms with Crippen LogP contribution in [-0.2, 0) is 10.0 Å². The zero-order valence-corrected chi connectivity index (χ0v) is 15.8. The van der Waals surface area contributed by atoms with Crippen LogP contribution in [0.25, 0.3) is 0 Å². The number of nitro benzene ring substituents is 1. The largest absolute Gasteiger partial charge is 0.303 e. The lowest BCUT2D eigenvalue weighted by Gasteiger charge is -2.39. The van der Waals surface area contributed by atoms with E-state index in [1.807, 2.05) is 37.4 Å². The summed E-state index contributed by atoms with van der Waals surface area (Å²) < 4.78 is 27.7. The number of hydrogen-bond acceptors (Lipinski definition) is 5. The zero-order valence-electron chi connectivity index (χ0n) is 14.2. The lowest BCUT2D eigenvalue weighted by molar-refractivity contribution is -0.384. The molecular formula is C17H20ClN3O4S. The number of benzene rings is 2. The molecule has 0 N–H and O–H groups in total. The van der Waals surface area contributed by atoms with Gasteiger partial charge in [0.15, 0.2) is 0 Å². The van der Waals surface area contributed by atoms with Crippen molar-refractivity contribution >= 4 is 28.1 Å². The second kappa shape index (κ2) is 8.13. The summed E-state index contributed by atoms with van der Waals surface area (Å²) in [5, 5.41) is 10.8. The van der Waals surface area contributed by atoms with Crippen molar-refractivity contribution in [2.45, 2.75) is 10.9 Å². The molecule has 2 aromatic rings. The maximum absolute atomic E-state index is 13.1. The maximum Gasteiger partial charge on any atom is 0.269 e. The van der Waals surface area contributed by atoms with Crippen LogP contribution in [0.4, 0.5) is 5.69 Å². The summed E-state index contributed by atoms with van der Waals surface area (Å²) in [6.45, 7) is 1.60. The Labute approximate surface area is 158 Å². The molecule has 0 radical (unpaired) electrons. The fourth-order valence-corrected chi connectivity index (χ4v) is 4.61. The number of rotatable bonds is 4. The fourth-order valence-electron chi connectivity index (χ4n) is 3.01. The van der Waals surface area contributed by atoms with E-state index in [2.05, 4.69) is 4.90 Å². The average Bonchev–Trinajstić information content (AvgIpc) is 2.62. The minimum atomic E-state index is -3.74. The van der Waals surface area contributed by atoms with Crippen molar-refractivity contribution in [3.63, 3.8) is 0 Å². The van der Waals surface area contributed by atoms with Gasteiger partial charge in [0.05, 0.1) is 15.9 Å². The number of nitro groups is 1. The van der Waals surface area contributed by atoms with Gasteiger partial charge in [-0.25, -0.2) is 8.42 Å². The molecule has 2 aromatic carbocycles. The van der Waals surface area contributed by atoms with Gasteiger partial charge >= 0.3 is 0 Å². The zero-order chi connectivity index (χ0) is 18.0. The molecule has 1 aliphatic rings. The number of piperazine rings is 1. The SMILES string of the molecule is CN1CCN(S(=O)(=O)c2ccc([N+](=O)[O-])cc2)C(c2ccccc2)C1.Cl. The fraction of sp³-hybridized carbons (Fsp3) is 0.294. The van der Waals surface area contributed by atoms with Crippen LogP contribution >= 0.6 is 12.4 Å². The quantitative estimate of drug-likeness (QED) is 0.585. The first kappa shape index (κ1) is 20.3. The Morgan fingerprint density at radius 1 is 1.04 bits per heavy atom. The van der Waals surface area contributed by atoms with Crippen molar-refractivity contribution in [3.05, 3.63) is 70.3 Å². The second-order valence-corrected chi connectivity index (χ2v) is 7.95. The molecule has 9 heteroatoms. The molecule has 3 rings (SSSR count). The summed E-state index contributed by atoms with van der Waals surface area (Å²) in [6.07, 6.45) is 0. The molecule has 0 amide bonds. The molecule has 1 fully saturated rings. The molecule has 1 aliphatic heterocycles. The molecule has 7 nitrogen and oxygen atoms in total. The molecule has 1 heterocycles. The highest BCUT2D eigenvalue weighted by molar-refractivity contribution is 7.89. The summed E-state index contributed by atoms with van der Waals surface area (Å²) in [6, 6.07) is 14.3. The standard InChI is InChI=1S/C17H19N3O4S.ClH/c1-18-11-12-19(17(13-18)14-5-3-2-4-6-14)25(23,24)16-9-7-15(8-10-16)20(21)22;/h2-10,17H,11-13H2,1H3;1H. The third-order valence-electron chi connectivity index (χ3n) is 4.37. The normalized spacial score (nSPS) is 18.9. The number of nitrogens with zero attached hydrogens (tertiary/aromatic N) is 3. The third-order valence-corrected chi connectivity index (χ3v) is 6.30. The van der Waals surface area contributed by atoms with Gasteiger partial charge in [-0.05, 0) is 24.7 Å². The molecule has 0 aliphatic carbocycles. The van der Waals surface area contributed by atoms with E-state index in [1.54, 1.807) is 0 Å². The Bertz CT molecular complexity index is 859. The molecule has 0 aromatic heterocycles. The Morgan fingerprint density at radius 2 is 1.65 bits per heavy atom. The summed E-state index contributed by atoms with van der Waals surface area (Å²) in [4.78, 5) is 12.4. The number of non-ortho nitro benzene ring substituents is 1. The van der Waals surface area contributed by atoms with E-state index < -0.39 is 14.9 Å². The molecule has 0 bridgehead atoms. The first-order chi connectivity index (χ1) is 11.9. The van der Waals surface area contributed by atoms with Crippen LogP contribution in [0.5, 0.6) is 0 Å².